The highest BCUT2D eigenvalue weighted by molar-refractivity contribution is 8.14. The minimum atomic E-state index is 0.118. The van der Waals surface area contributed by atoms with Gasteiger partial charge in [0.1, 0.15) is 16.6 Å². The molecule has 2 rings (SSSR count). The summed E-state index contributed by atoms with van der Waals surface area (Å²) < 4.78 is 0. The maximum absolute atomic E-state index is 11.0. The van der Waals surface area contributed by atoms with Crippen LogP contribution in [0.2, 0.25) is 0 Å². The van der Waals surface area contributed by atoms with Gasteiger partial charge in [-0.2, -0.15) is 5.10 Å². The zero-order chi connectivity index (χ0) is 16.1. The standard InChI is InChI=1S/C16H21N3O2S/c1-4-19(5-2)12-6-7-13(15(21)8-12)14-9-16(18-17-14)22-10-11(3)20/h6-8,21H,4-5,9-10H2,1-3H3. The number of benzene rings is 1. The summed E-state index contributed by atoms with van der Waals surface area (Å²) in [6.07, 6.45) is 0.566. The fourth-order valence-electron chi connectivity index (χ4n) is 2.29. The van der Waals surface area contributed by atoms with E-state index in [0.29, 0.717) is 17.7 Å². The van der Waals surface area contributed by atoms with Gasteiger partial charge in [0.2, 0.25) is 0 Å². The van der Waals surface area contributed by atoms with Gasteiger partial charge in [-0.05, 0) is 32.9 Å². The lowest BCUT2D eigenvalue weighted by Gasteiger charge is -2.21. The minimum Gasteiger partial charge on any atom is -0.507 e. The lowest BCUT2D eigenvalue weighted by molar-refractivity contribution is -0.114. The first kappa shape index (κ1) is 16.5. The average molecular weight is 319 g/mol. The summed E-state index contributed by atoms with van der Waals surface area (Å²) in [5.74, 6) is 0.748. The van der Waals surface area contributed by atoms with E-state index in [4.69, 9.17) is 0 Å². The molecule has 0 fully saturated rings. The number of thioether (sulfide) groups is 1. The maximum Gasteiger partial charge on any atom is 0.140 e. The number of hydrogen-bond donors (Lipinski definition) is 1. The highest BCUT2D eigenvalue weighted by atomic mass is 32.2. The topological polar surface area (TPSA) is 65.3 Å². The molecule has 6 heteroatoms. The lowest BCUT2D eigenvalue weighted by Crippen LogP contribution is -2.21. The Hall–Kier alpha value is -1.82. The predicted octanol–water partition coefficient (Wildman–Crippen LogP) is 3.07. The molecule has 0 aliphatic carbocycles. The van der Waals surface area contributed by atoms with E-state index < -0.39 is 0 Å². The summed E-state index contributed by atoms with van der Waals surface area (Å²) >= 11 is 1.41. The largest absolute Gasteiger partial charge is 0.507 e. The average Bonchev–Trinajstić information content (AvgIpc) is 2.95. The zero-order valence-corrected chi connectivity index (χ0v) is 14.0. The van der Waals surface area contributed by atoms with Crippen LogP contribution in [0.1, 0.15) is 32.8 Å². The molecule has 0 atom stereocenters. The molecule has 1 aliphatic heterocycles. The molecule has 5 nitrogen and oxygen atoms in total. The Balaban J connectivity index is 2.07. The van der Waals surface area contributed by atoms with Crippen molar-refractivity contribution >= 4 is 34.0 Å². The van der Waals surface area contributed by atoms with Gasteiger partial charge >= 0.3 is 0 Å². The Kier molecular flexibility index (Phi) is 5.60. The molecule has 0 amide bonds. The quantitative estimate of drug-likeness (QED) is 0.875. The van der Waals surface area contributed by atoms with Crippen LogP contribution >= 0.6 is 11.8 Å². The van der Waals surface area contributed by atoms with Crippen molar-refractivity contribution in [1.82, 2.24) is 0 Å². The van der Waals surface area contributed by atoms with Crippen molar-refractivity contribution in [2.75, 3.05) is 23.7 Å². The number of Topliss-reactive ketones (excluding diaryl/α,β-unsaturated/α-hetero) is 1. The molecule has 0 aromatic heterocycles. The van der Waals surface area contributed by atoms with Crippen LogP contribution in [0.4, 0.5) is 5.69 Å². The highest BCUT2D eigenvalue weighted by Gasteiger charge is 2.18. The number of hydrogen-bond acceptors (Lipinski definition) is 6. The number of carbonyl (C=O) groups is 1. The second-order valence-corrected chi connectivity index (χ2v) is 6.13. The van der Waals surface area contributed by atoms with E-state index in [0.717, 1.165) is 29.5 Å². The summed E-state index contributed by atoms with van der Waals surface area (Å²) in [5.41, 5.74) is 2.45. The number of rotatable bonds is 6. The molecule has 1 heterocycles. The van der Waals surface area contributed by atoms with Crippen molar-refractivity contribution in [3.8, 4) is 5.75 Å². The molecule has 0 radical (unpaired) electrons. The highest BCUT2D eigenvalue weighted by Crippen LogP contribution is 2.28. The smallest absolute Gasteiger partial charge is 0.140 e. The summed E-state index contributed by atoms with van der Waals surface area (Å²) in [6, 6.07) is 5.65. The number of nitrogens with zero attached hydrogens (tertiary/aromatic N) is 3. The second-order valence-electron chi connectivity index (χ2n) is 5.08. The summed E-state index contributed by atoms with van der Waals surface area (Å²) in [6.45, 7) is 7.52. The van der Waals surface area contributed by atoms with Crippen LogP contribution in [0.15, 0.2) is 28.4 Å². The van der Waals surface area contributed by atoms with E-state index in [2.05, 4.69) is 29.0 Å². The van der Waals surface area contributed by atoms with Gasteiger partial charge in [0, 0.05) is 36.8 Å². The molecule has 0 saturated heterocycles. The van der Waals surface area contributed by atoms with Crippen molar-refractivity contribution in [3.63, 3.8) is 0 Å². The van der Waals surface area contributed by atoms with E-state index in [9.17, 15) is 9.90 Å². The maximum atomic E-state index is 11.0. The first-order valence-corrected chi connectivity index (χ1v) is 8.37. The monoisotopic (exact) mass is 319 g/mol. The molecule has 1 N–H and O–H groups in total. The molecule has 1 aromatic rings. The van der Waals surface area contributed by atoms with Crippen molar-refractivity contribution in [1.29, 1.82) is 0 Å². The number of ketones is 1. The third-order valence-corrected chi connectivity index (χ3v) is 4.57. The molecule has 1 aromatic carbocycles. The van der Waals surface area contributed by atoms with Crippen LogP contribution in [0.3, 0.4) is 0 Å². The molecule has 1 aliphatic rings. The second kappa shape index (κ2) is 7.45. The van der Waals surface area contributed by atoms with Gasteiger partial charge in [0.25, 0.3) is 0 Å². The van der Waals surface area contributed by atoms with Crippen LogP contribution < -0.4 is 4.90 Å². The van der Waals surface area contributed by atoms with E-state index in [-0.39, 0.29) is 11.5 Å². The third kappa shape index (κ3) is 3.88. The van der Waals surface area contributed by atoms with Crippen LogP contribution in [-0.4, -0.2) is 40.5 Å². The normalized spacial score (nSPS) is 13.8. The Morgan fingerprint density at radius 3 is 2.64 bits per heavy atom. The number of phenolic OH excluding ortho intramolecular Hbond substituents is 1. The first-order chi connectivity index (χ1) is 10.5. The number of carbonyl (C=O) groups excluding carboxylic acids is 1. The van der Waals surface area contributed by atoms with E-state index in [1.807, 2.05) is 12.1 Å². The molecule has 0 unspecified atom stereocenters. The van der Waals surface area contributed by atoms with Gasteiger partial charge in [-0.1, -0.05) is 0 Å². The van der Waals surface area contributed by atoms with E-state index >= 15 is 0 Å². The molecule has 0 saturated carbocycles. The van der Waals surface area contributed by atoms with Crippen LogP contribution in [0, 0.1) is 0 Å². The van der Waals surface area contributed by atoms with Crippen molar-refractivity contribution in [2.45, 2.75) is 27.2 Å². The molecule has 118 valence electrons. The number of anilines is 1. The van der Waals surface area contributed by atoms with Gasteiger partial charge in [-0.15, -0.1) is 16.9 Å². The lowest BCUT2D eigenvalue weighted by atomic mass is 10.1. The van der Waals surface area contributed by atoms with Crippen LogP contribution in [0.5, 0.6) is 5.75 Å². The van der Waals surface area contributed by atoms with Crippen LogP contribution in [0.25, 0.3) is 0 Å². The fraction of sp³-hybridized carbons (Fsp3) is 0.438. The molecule has 0 spiro atoms. The number of phenols is 1. The summed E-state index contributed by atoms with van der Waals surface area (Å²) in [7, 11) is 0. The van der Waals surface area contributed by atoms with Crippen molar-refractivity contribution < 1.29 is 9.90 Å². The van der Waals surface area contributed by atoms with E-state index in [1.54, 1.807) is 13.0 Å². The Morgan fingerprint density at radius 2 is 2.05 bits per heavy atom. The Morgan fingerprint density at radius 1 is 1.32 bits per heavy atom. The predicted molar refractivity (Wildman–Crippen MR) is 93.4 cm³/mol. The van der Waals surface area contributed by atoms with Gasteiger partial charge in [0.15, 0.2) is 0 Å². The Bertz CT molecular complexity index is 622. The van der Waals surface area contributed by atoms with Crippen LogP contribution in [-0.2, 0) is 4.79 Å². The van der Waals surface area contributed by atoms with Crippen molar-refractivity contribution in [3.05, 3.63) is 23.8 Å². The molecule has 0 bridgehead atoms. The van der Waals surface area contributed by atoms with Gasteiger partial charge in [0.05, 0.1) is 11.5 Å². The van der Waals surface area contributed by atoms with Gasteiger partial charge in [-0.3, -0.25) is 4.79 Å². The van der Waals surface area contributed by atoms with E-state index in [1.165, 1.54) is 11.8 Å². The summed E-state index contributed by atoms with van der Waals surface area (Å²) in [5, 5.41) is 19.3. The first-order valence-electron chi connectivity index (χ1n) is 7.39. The Labute approximate surface area is 135 Å². The number of aromatic hydroxyl groups is 1. The molecule has 22 heavy (non-hydrogen) atoms. The summed E-state index contributed by atoms with van der Waals surface area (Å²) in [4.78, 5) is 13.2. The fourth-order valence-corrected chi connectivity index (χ4v) is 3.00. The zero-order valence-electron chi connectivity index (χ0n) is 13.2. The SMILES string of the molecule is CCN(CC)c1ccc(C2=NN=C(SCC(C)=O)C2)c(O)c1. The molecular weight excluding hydrogens is 298 g/mol. The van der Waals surface area contributed by atoms with Gasteiger partial charge < -0.3 is 10.0 Å². The molecular formula is C16H21N3O2S. The van der Waals surface area contributed by atoms with Gasteiger partial charge in [-0.25, -0.2) is 0 Å². The third-order valence-electron chi connectivity index (χ3n) is 3.46. The van der Waals surface area contributed by atoms with Crippen molar-refractivity contribution in [2.24, 2.45) is 10.2 Å². The minimum absolute atomic E-state index is 0.118.